The Morgan fingerprint density at radius 1 is 1.48 bits per heavy atom. The van der Waals surface area contributed by atoms with Crippen molar-refractivity contribution >= 4 is 22.4 Å². The van der Waals surface area contributed by atoms with Gasteiger partial charge in [-0.2, -0.15) is 5.26 Å². The van der Waals surface area contributed by atoms with E-state index in [1.807, 2.05) is 18.2 Å². The molecule has 1 aromatic carbocycles. The lowest BCUT2D eigenvalue weighted by Gasteiger charge is -2.27. The Labute approximate surface area is 122 Å². The number of pyridine rings is 1. The van der Waals surface area contributed by atoms with Crippen LogP contribution < -0.4 is 4.90 Å². The summed E-state index contributed by atoms with van der Waals surface area (Å²) in [5.74, 6) is 0.0230. The lowest BCUT2D eigenvalue weighted by atomic mass is 10.1. The van der Waals surface area contributed by atoms with Crippen molar-refractivity contribution in [2.45, 2.75) is 31.9 Å². The number of aliphatic hydroxyl groups excluding tert-OH is 1. The zero-order valence-electron chi connectivity index (χ0n) is 11.7. The summed E-state index contributed by atoms with van der Waals surface area (Å²) < 4.78 is 0. The van der Waals surface area contributed by atoms with Gasteiger partial charge in [-0.25, -0.2) is 4.98 Å². The van der Waals surface area contributed by atoms with Crippen molar-refractivity contribution in [2.24, 2.45) is 0 Å². The van der Waals surface area contributed by atoms with Gasteiger partial charge in [-0.15, -0.1) is 0 Å². The van der Waals surface area contributed by atoms with Gasteiger partial charge in [-0.1, -0.05) is 0 Å². The van der Waals surface area contributed by atoms with E-state index in [1.165, 1.54) is 0 Å². The molecular formula is C16H15N3O2. The topological polar surface area (TPSA) is 77.2 Å². The zero-order chi connectivity index (χ0) is 15.0. The fourth-order valence-electron chi connectivity index (χ4n) is 2.90. The third kappa shape index (κ3) is 2.24. The van der Waals surface area contributed by atoms with Crippen molar-refractivity contribution in [1.29, 1.82) is 5.26 Å². The summed E-state index contributed by atoms with van der Waals surface area (Å²) >= 11 is 0. The number of carbonyl (C=O) groups is 1. The Balaban J connectivity index is 2.09. The average Bonchev–Trinajstić information content (AvgIpc) is 2.88. The molecular weight excluding hydrogens is 266 g/mol. The van der Waals surface area contributed by atoms with Crippen LogP contribution in [0.2, 0.25) is 0 Å². The predicted octanol–water partition coefficient (Wildman–Crippen LogP) is 1.98. The number of carbonyl (C=O) groups excluding carboxylic acids is 1. The Morgan fingerprint density at radius 3 is 3.00 bits per heavy atom. The third-order valence-electron chi connectivity index (χ3n) is 3.94. The van der Waals surface area contributed by atoms with Crippen molar-refractivity contribution in [3.63, 3.8) is 0 Å². The molecule has 0 aliphatic carbocycles. The summed E-state index contributed by atoms with van der Waals surface area (Å²) in [4.78, 5) is 17.8. The number of aliphatic hydroxyl groups is 1. The van der Waals surface area contributed by atoms with Crippen LogP contribution in [-0.4, -0.2) is 28.1 Å². The predicted molar refractivity (Wildman–Crippen MR) is 78.6 cm³/mol. The fraction of sp³-hybridized carbons (Fsp3) is 0.312. The first-order chi connectivity index (χ1) is 10.1. The maximum absolute atomic E-state index is 12.1. The molecule has 106 valence electrons. The van der Waals surface area contributed by atoms with Gasteiger partial charge in [0.25, 0.3) is 0 Å². The molecule has 3 rings (SSSR count). The number of anilines is 1. The first kappa shape index (κ1) is 13.5. The molecule has 1 aliphatic rings. The average molecular weight is 281 g/mol. The second-order valence-corrected chi connectivity index (χ2v) is 5.29. The molecule has 0 radical (unpaired) electrons. The van der Waals surface area contributed by atoms with Gasteiger partial charge in [0.2, 0.25) is 5.91 Å². The van der Waals surface area contributed by atoms with E-state index in [1.54, 1.807) is 24.1 Å². The molecule has 2 atom stereocenters. The summed E-state index contributed by atoms with van der Waals surface area (Å²) in [6.07, 6.45) is 2.13. The molecule has 0 saturated carbocycles. The molecule has 1 saturated heterocycles. The zero-order valence-corrected chi connectivity index (χ0v) is 11.7. The molecule has 1 N–H and O–H groups in total. The number of fused-ring (bicyclic) bond motifs is 1. The van der Waals surface area contributed by atoms with Gasteiger partial charge < -0.3 is 10.0 Å². The third-order valence-corrected chi connectivity index (χ3v) is 3.94. The van der Waals surface area contributed by atoms with Crippen molar-refractivity contribution in [2.75, 3.05) is 4.90 Å². The van der Waals surface area contributed by atoms with E-state index in [9.17, 15) is 9.90 Å². The smallest absolute Gasteiger partial charge is 0.227 e. The molecule has 0 bridgehead atoms. The molecule has 1 aliphatic heterocycles. The molecule has 1 aromatic heterocycles. The van der Waals surface area contributed by atoms with E-state index in [0.717, 1.165) is 16.5 Å². The summed E-state index contributed by atoms with van der Waals surface area (Å²) in [5, 5.41) is 20.5. The van der Waals surface area contributed by atoms with Crippen LogP contribution >= 0.6 is 0 Å². The van der Waals surface area contributed by atoms with Gasteiger partial charge in [0.05, 0.1) is 12.1 Å². The number of nitriles is 1. The van der Waals surface area contributed by atoms with Gasteiger partial charge in [-0.3, -0.25) is 4.79 Å². The standard InChI is InChI=1S/C16H15N3O2/c1-10(20)15-4-5-16(21)19(15)12-2-3-13-11(8-12)6-7-18-14(13)9-17/h2-3,6-8,10,15,20H,4-5H2,1H3/t10-,15-/m0/s1. The van der Waals surface area contributed by atoms with Gasteiger partial charge in [-0.05, 0) is 43.0 Å². The van der Waals surface area contributed by atoms with Crippen molar-refractivity contribution in [1.82, 2.24) is 4.98 Å². The number of benzene rings is 1. The largest absolute Gasteiger partial charge is 0.391 e. The van der Waals surface area contributed by atoms with Crippen molar-refractivity contribution in [3.05, 3.63) is 36.2 Å². The first-order valence-corrected chi connectivity index (χ1v) is 6.91. The lowest BCUT2D eigenvalue weighted by Crippen LogP contribution is -2.39. The van der Waals surface area contributed by atoms with Gasteiger partial charge >= 0.3 is 0 Å². The number of aromatic nitrogens is 1. The van der Waals surface area contributed by atoms with Gasteiger partial charge in [0.1, 0.15) is 11.8 Å². The highest BCUT2D eigenvalue weighted by Gasteiger charge is 2.35. The van der Waals surface area contributed by atoms with Crippen molar-refractivity contribution in [3.8, 4) is 6.07 Å². The molecule has 5 heteroatoms. The highest BCUT2D eigenvalue weighted by Crippen LogP contribution is 2.31. The SMILES string of the molecule is C[C@H](O)[C@@H]1CCC(=O)N1c1ccc2c(C#N)nccc2c1. The number of nitrogens with zero attached hydrogens (tertiary/aromatic N) is 3. The highest BCUT2D eigenvalue weighted by atomic mass is 16.3. The van der Waals surface area contributed by atoms with E-state index in [0.29, 0.717) is 18.5 Å². The highest BCUT2D eigenvalue weighted by molar-refractivity contribution is 5.99. The molecule has 5 nitrogen and oxygen atoms in total. The van der Waals surface area contributed by atoms with Crippen molar-refractivity contribution < 1.29 is 9.90 Å². The van der Waals surface area contributed by atoms with E-state index < -0.39 is 6.10 Å². The molecule has 2 heterocycles. The minimum atomic E-state index is -0.570. The van der Waals surface area contributed by atoms with E-state index in [-0.39, 0.29) is 11.9 Å². The quantitative estimate of drug-likeness (QED) is 0.913. The fourth-order valence-corrected chi connectivity index (χ4v) is 2.90. The van der Waals surface area contributed by atoms with E-state index >= 15 is 0 Å². The van der Waals surface area contributed by atoms with Crippen LogP contribution in [0.15, 0.2) is 30.5 Å². The van der Waals surface area contributed by atoms with E-state index in [2.05, 4.69) is 11.1 Å². The number of amides is 1. The monoisotopic (exact) mass is 281 g/mol. The maximum atomic E-state index is 12.1. The van der Waals surface area contributed by atoms with Crippen LogP contribution in [0.4, 0.5) is 5.69 Å². The van der Waals surface area contributed by atoms with Gasteiger partial charge in [0, 0.05) is 23.7 Å². The normalized spacial score (nSPS) is 19.8. The number of rotatable bonds is 2. The number of hydrogen-bond acceptors (Lipinski definition) is 4. The molecule has 0 unspecified atom stereocenters. The molecule has 0 spiro atoms. The summed E-state index contributed by atoms with van der Waals surface area (Å²) in [5.41, 5.74) is 1.13. The Morgan fingerprint density at radius 2 is 2.29 bits per heavy atom. The van der Waals surface area contributed by atoms with Crippen LogP contribution in [-0.2, 0) is 4.79 Å². The second-order valence-electron chi connectivity index (χ2n) is 5.29. The minimum absolute atomic E-state index is 0.0230. The minimum Gasteiger partial charge on any atom is -0.391 e. The Kier molecular flexibility index (Phi) is 3.32. The Hall–Kier alpha value is -2.45. The van der Waals surface area contributed by atoms with Gasteiger partial charge in [0.15, 0.2) is 0 Å². The molecule has 2 aromatic rings. The maximum Gasteiger partial charge on any atom is 0.227 e. The summed E-state index contributed by atoms with van der Waals surface area (Å²) in [7, 11) is 0. The van der Waals surface area contributed by atoms with Crippen LogP contribution in [0.3, 0.4) is 0 Å². The summed E-state index contributed by atoms with van der Waals surface area (Å²) in [6, 6.07) is 9.18. The molecule has 1 fully saturated rings. The van der Waals surface area contributed by atoms with Crippen LogP contribution in [0.1, 0.15) is 25.5 Å². The van der Waals surface area contributed by atoms with Crippen LogP contribution in [0.5, 0.6) is 0 Å². The number of hydrogen-bond donors (Lipinski definition) is 1. The Bertz CT molecular complexity index is 749. The summed E-state index contributed by atoms with van der Waals surface area (Å²) in [6.45, 7) is 1.70. The molecule has 1 amide bonds. The first-order valence-electron chi connectivity index (χ1n) is 6.91. The lowest BCUT2D eigenvalue weighted by molar-refractivity contribution is -0.117. The second kappa shape index (κ2) is 5.15. The van der Waals surface area contributed by atoms with E-state index in [4.69, 9.17) is 5.26 Å². The van der Waals surface area contributed by atoms with Crippen LogP contribution in [0, 0.1) is 11.3 Å². The van der Waals surface area contributed by atoms with Crippen LogP contribution in [0.25, 0.3) is 10.8 Å². The molecule has 21 heavy (non-hydrogen) atoms.